The summed E-state index contributed by atoms with van der Waals surface area (Å²) in [5.74, 6) is 0.201. The highest BCUT2D eigenvalue weighted by molar-refractivity contribution is 7.86. The molecule has 2 saturated heterocycles. The van der Waals surface area contributed by atoms with Crippen LogP contribution < -0.4 is 0 Å². The smallest absolute Gasteiger partial charge is 0.270 e. The van der Waals surface area contributed by atoms with E-state index in [-0.39, 0.29) is 5.75 Å². The molecule has 0 N–H and O–H groups in total. The average Bonchev–Trinajstić information content (AvgIpc) is 2.62. The predicted molar refractivity (Wildman–Crippen MR) is 44.4 cm³/mol. The van der Waals surface area contributed by atoms with Crippen LogP contribution >= 0.6 is 0 Å². The van der Waals surface area contributed by atoms with Gasteiger partial charge in [-0.25, -0.2) is 0 Å². The Morgan fingerprint density at radius 1 is 1.08 bits per heavy atom. The van der Waals surface area contributed by atoms with Crippen LogP contribution in [0.5, 0.6) is 0 Å². The molecule has 0 aliphatic carbocycles. The highest BCUT2D eigenvalue weighted by Crippen LogP contribution is 2.04. The summed E-state index contributed by atoms with van der Waals surface area (Å²) < 4.78 is 43.4. The zero-order valence-corrected chi connectivity index (χ0v) is 8.43. The van der Waals surface area contributed by atoms with Gasteiger partial charge >= 0.3 is 11.4 Å². The maximum absolute atomic E-state index is 10.2. The van der Waals surface area contributed by atoms with Gasteiger partial charge in [-0.3, -0.25) is 12.5 Å². The van der Waals surface area contributed by atoms with Gasteiger partial charge < -0.3 is 0 Å². The highest BCUT2D eigenvalue weighted by Gasteiger charge is 2.16. The van der Waals surface area contributed by atoms with E-state index >= 15 is 0 Å². The molecular weight excluding hydrogens is 220 g/mol. The molecule has 78 valence electrons. The molecular formula is C5H10O6S2. The first-order valence-corrected chi connectivity index (χ1v) is 6.23. The van der Waals surface area contributed by atoms with Gasteiger partial charge in [0.2, 0.25) is 0 Å². The second-order valence-electron chi connectivity index (χ2n) is 2.29. The van der Waals surface area contributed by atoms with Gasteiger partial charge in [0.15, 0.2) is 0 Å². The van der Waals surface area contributed by atoms with E-state index in [9.17, 15) is 12.6 Å². The lowest BCUT2D eigenvalue weighted by atomic mass is 10.5. The first-order chi connectivity index (χ1) is 6.10. The van der Waals surface area contributed by atoms with E-state index in [4.69, 9.17) is 0 Å². The van der Waals surface area contributed by atoms with Crippen LogP contribution in [0, 0.1) is 0 Å². The highest BCUT2D eigenvalue weighted by atomic mass is 32.2. The molecule has 0 radical (unpaired) electrons. The molecule has 0 unspecified atom stereocenters. The minimum absolute atomic E-state index is 0.201. The number of hydrogen-bond donors (Lipinski definition) is 0. The molecule has 2 aliphatic rings. The molecule has 8 heteroatoms. The van der Waals surface area contributed by atoms with Gasteiger partial charge in [-0.15, -0.1) is 0 Å². The molecule has 0 bridgehead atoms. The van der Waals surface area contributed by atoms with Crippen molar-refractivity contribution in [1.29, 1.82) is 0 Å². The number of rotatable bonds is 0. The van der Waals surface area contributed by atoms with Crippen LogP contribution in [0.3, 0.4) is 0 Å². The Labute approximate surface area is 79.2 Å². The van der Waals surface area contributed by atoms with Gasteiger partial charge in [0, 0.05) is 0 Å². The molecule has 0 aromatic rings. The average molecular weight is 230 g/mol. The summed E-state index contributed by atoms with van der Waals surface area (Å²) >= 11 is -1.42. The molecule has 0 spiro atoms. The Morgan fingerprint density at radius 3 is 1.85 bits per heavy atom. The van der Waals surface area contributed by atoms with Crippen molar-refractivity contribution in [1.82, 2.24) is 0 Å². The Morgan fingerprint density at radius 2 is 1.69 bits per heavy atom. The molecule has 2 heterocycles. The zero-order chi connectivity index (χ0) is 9.73. The normalized spacial score (nSPS) is 26.8. The third-order valence-electron chi connectivity index (χ3n) is 1.24. The summed E-state index contributed by atoms with van der Waals surface area (Å²) in [5, 5.41) is 0. The topological polar surface area (TPSA) is 78.9 Å². The third kappa shape index (κ3) is 4.67. The van der Waals surface area contributed by atoms with E-state index in [1.54, 1.807) is 0 Å². The molecule has 6 nitrogen and oxygen atoms in total. The van der Waals surface area contributed by atoms with Gasteiger partial charge in [-0.2, -0.15) is 12.6 Å². The molecule has 0 atom stereocenters. The van der Waals surface area contributed by atoms with Crippen LogP contribution in [-0.4, -0.2) is 38.2 Å². The third-order valence-corrected chi connectivity index (χ3v) is 3.28. The van der Waals surface area contributed by atoms with Gasteiger partial charge in [-0.05, 0) is 6.42 Å². The van der Waals surface area contributed by atoms with Crippen LogP contribution in [0.4, 0.5) is 0 Å². The van der Waals surface area contributed by atoms with Gasteiger partial charge in [-0.1, -0.05) is 0 Å². The van der Waals surface area contributed by atoms with Crippen LogP contribution in [0.25, 0.3) is 0 Å². The largest absolute Gasteiger partial charge is 0.304 e. The monoisotopic (exact) mass is 230 g/mol. The fraction of sp³-hybridized carbons (Fsp3) is 1.00. The quantitative estimate of drug-likeness (QED) is 0.514. The van der Waals surface area contributed by atoms with E-state index in [1.165, 1.54) is 0 Å². The maximum atomic E-state index is 10.2. The van der Waals surface area contributed by atoms with Crippen molar-refractivity contribution >= 4 is 21.5 Å². The lowest BCUT2D eigenvalue weighted by Crippen LogP contribution is -1.96. The zero-order valence-electron chi connectivity index (χ0n) is 6.80. The van der Waals surface area contributed by atoms with Crippen LogP contribution in [0.15, 0.2) is 0 Å². The molecule has 2 rings (SSSR count). The standard InChI is InChI=1S/C3H6O3S.C2H4O3S/c4-7(5)3-1-2-6-7;3-6-4-1-2-5-6/h1-3H2;1-2H2. The lowest BCUT2D eigenvalue weighted by Gasteiger charge is -1.83. The maximum Gasteiger partial charge on any atom is 0.304 e. The second kappa shape index (κ2) is 5.01. The SMILES string of the molecule is O=S1(=O)CCCO1.O=S1OCCO1. The van der Waals surface area contributed by atoms with Gasteiger partial charge in [0.25, 0.3) is 10.1 Å². The van der Waals surface area contributed by atoms with Crippen molar-refractivity contribution in [2.75, 3.05) is 25.6 Å². The molecule has 0 aromatic heterocycles. The fourth-order valence-electron chi connectivity index (χ4n) is 0.719. The Bertz CT molecular complexity index is 251. The fourth-order valence-corrected chi connectivity index (χ4v) is 2.16. The summed E-state index contributed by atoms with van der Waals surface area (Å²) in [4.78, 5) is 0. The predicted octanol–water partition coefficient (Wildman–Crippen LogP) is -0.652. The summed E-state index contributed by atoms with van der Waals surface area (Å²) in [6, 6.07) is 0. The summed E-state index contributed by atoms with van der Waals surface area (Å²) in [5.41, 5.74) is 0. The molecule has 2 fully saturated rings. The minimum atomic E-state index is -3.05. The van der Waals surface area contributed by atoms with E-state index in [0.29, 0.717) is 26.2 Å². The van der Waals surface area contributed by atoms with E-state index in [2.05, 4.69) is 12.5 Å². The van der Waals surface area contributed by atoms with Crippen LogP contribution in [-0.2, 0) is 34.0 Å². The van der Waals surface area contributed by atoms with Crippen molar-refractivity contribution in [2.24, 2.45) is 0 Å². The van der Waals surface area contributed by atoms with E-state index in [1.807, 2.05) is 0 Å². The van der Waals surface area contributed by atoms with Crippen LogP contribution in [0.1, 0.15) is 6.42 Å². The van der Waals surface area contributed by atoms with Crippen molar-refractivity contribution in [3.8, 4) is 0 Å². The van der Waals surface area contributed by atoms with Gasteiger partial charge in [0.1, 0.15) is 0 Å². The molecule has 0 saturated carbocycles. The lowest BCUT2D eigenvalue weighted by molar-refractivity contribution is 0.354. The first-order valence-electron chi connectivity index (χ1n) is 3.65. The minimum Gasteiger partial charge on any atom is -0.270 e. The molecule has 2 aliphatic heterocycles. The Kier molecular flexibility index (Phi) is 4.26. The molecule has 13 heavy (non-hydrogen) atoms. The first kappa shape index (κ1) is 11.1. The molecule has 0 aromatic carbocycles. The van der Waals surface area contributed by atoms with Crippen molar-refractivity contribution in [2.45, 2.75) is 6.42 Å². The van der Waals surface area contributed by atoms with Crippen molar-refractivity contribution in [3.63, 3.8) is 0 Å². The van der Waals surface area contributed by atoms with E-state index in [0.717, 1.165) is 0 Å². The summed E-state index contributed by atoms with van der Waals surface area (Å²) in [6.45, 7) is 1.31. The Hall–Kier alpha value is -0.0200. The second-order valence-corrected chi connectivity index (χ2v) is 4.92. The van der Waals surface area contributed by atoms with E-state index < -0.39 is 21.5 Å². The summed E-state index contributed by atoms with van der Waals surface area (Å²) in [7, 11) is -3.05. The van der Waals surface area contributed by atoms with Crippen LogP contribution in [0.2, 0.25) is 0 Å². The number of hydrogen-bond acceptors (Lipinski definition) is 6. The summed E-state index contributed by atoms with van der Waals surface area (Å²) in [6.07, 6.45) is 0.655. The molecule has 0 amide bonds. The van der Waals surface area contributed by atoms with Crippen molar-refractivity contribution < 1.29 is 25.2 Å². The Balaban J connectivity index is 0.000000132. The van der Waals surface area contributed by atoms with Gasteiger partial charge in [0.05, 0.1) is 25.6 Å². The van der Waals surface area contributed by atoms with Crippen molar-refractivity contribution in [3.05, 3.63) is 0 Å².